The maximum atomic E-state index is 14.5. The number of hydrogen-bond acceptors (Lipinski definition) is 6. The lowest BCUT2D eigenvalue weighted by Gasteiger charge is -2.70. The first-order chi connectivity index (χ1) is 19.8. The van der Waals surface area contributed by atoms with Gasteiger partial charge in [0.2, 0.25) is 5.91 Å². The van der Waals surface area contributed by atoms with E-state index < -0.39 is 35.4 Å². The van der Waals surface area contributed by atoms with Gasteiger partial charge in [-0.05, 0) is 110 Å². The summed E-state index contributed by atoms with van der Waals surface area (Å²) in [5.74, 6) is -1.82. The number of rotatable bonds is 5. The highest BCUT2D eigenvalue weighted by Gasteiger charge is 2.70. The molecule has 4 fully saturated rings. The van der Waals surface area contributed by atoms with Gasteiger partial charge < -0.3 is 20.3 Å². The van der Waals surface area contributed by atoms with Crippen molar-refractivity contribution in [2.45, 2.75) is 112 Å². The Labute approximate surface area is 256 Å². The monoisotopic (exact) mass is 599 g/mol. The molecule has 5 rings (SSSR count). The molecule has 240 valence electrons. The van der Waals surface area contributed by atoms with Crippen LogP contribution < -0.4 is 5.32 Å². The number of allylic oxidation sites excluding steroid dienone is 2. The van der Waals surface area contributed by atoms with E-state index >= 15 is 0 Å². The second-order valence-corrected chi connectivity index (χ2v) is 16.7. The molecule has 43 heavy (non-hydrogen) atoms. The summed E-state index contributed by atoms with van der Waals surface area (Å²) >= 11 is 0. The van der Waals surface area contributed by atoms with Crippen LogP contribution in [0.15, 0.2) is 11.6 Å². The number of carboxylic acid groups (broad SMARTS) is 1. The van der Waals surface area contributed by atoms with Gasteiger partial charge in [0.15, 0.2) is 11.8 Å². The van der Waals surface area contributed by atoms with Crippen LogP contribution in [0, 0.1) is 56.2 Å². The minimum absolute atomic E-state index is 0.00885. The Balaban J connectivity index is 1.50. The van der Waals surface area contributed by atoms with E-state index in [-0.39, 0.29) is 57.0 Å². The Morgan fingerprint density at radius 3 is 2.23 bits per heavy atom. The summed E-state index contributed by atoms with van der Waals surface area (Å²) in [6.45, 7) is 14.9. The summed E-state index contributed by atoms with van der Waals surface area (Å²) in [7, 11) is 1.24. The minimum atomic E-state index is -1.10. The molecular formula is C35H53NO7. The second-order valence-electron chi connectivity index (χ2n) is 16.7. The number of aliphatic hydroxyl groups excluding tert-OH is 1. The molecule has 0 aromatic heterocycles. The topological polar surface area (TPSA) is 130 Å². The van der Waals surface area contributed by atoms with Crippen LogP contribution in [0.2, 0.25) is 0 Å². The van der Waals surface area contributed by atoms with Crippen LogP contribution >= 0.6 is 0 Å². The Morgan fingerprint density at radius 2 is 1.63 bits per heavy atom. The van der Waals surface area contributed by atoms with E-state index in [4.69, 9.17) is 4.74 Å². The van der Waals surface area contributed by atoms with Crippen LogP contribution in [0.4, 0.5) is 0 Å². The molecule has 0 aliphatic heterocycles. The lowest BCUT2D eigenvalue weighted by molar-refractivity contribution is -0.195. The normalized spacial score (nSPS) is 45.7. The van der Waals surface area contributed by atoms with Gasteiger partial charge in [-0.15, -0.1) is 0 Å². The van der Waals surface area contributed by atoms with E-state index in [0.717, 1.165) is 38.5 Å². The van der Waals surface area contributed by atoms with Crippen LogP contribution in [0.1, 0.15) is 106 Å². The summed E-state index contributed by atoms with van der Waals surface area (Å²) in [4.78, 5) is 52.5. The number of amides is 1. The van der Waals surface area contributed by atoms with Crippen LogP contribution in [-0.2, 0) is 23.9 Å². The van der Waals surface area contributed by atoms with Crippen LogP contribution in [0.25, 0.3) is 0 Å². The van der Waals surface area contributed by atoms with E-state index in [0.29, 0.717) is 19.3 Å². The molecule has 0 spiro atoms. The molecule has 0 bridgehead atoms. The molecule has 0 radical (unpaired) electrons. The van der Waals surface area contributed by atoms with Crippen molar-refractivity contribution in [2.24, 2.45) is 56.2 Å². The highest BCUT2D eigenvalue weighted by Crippen LogP contribution is 2.75. The SMILES string of the molecule is COC(=O)C(CO)NC(=O)[C@H]1CC[C@]2(C)[C@H]3C(=O)C=C4[C@@H]5C[C@@](C)(C(=O)O)CC[C@]5(C)CC[C@@]4(C)[C@]3(C)CC[C@H]2C1(C)C. The van der Waals surface area contributed by atoms with E-state index in [1.165, 1.54) is 12.7 Å². The van der Waals surface area contributed by atoms with Crippen molar-refractivity contribution in [3.8, 4) is 0 Å². The minimum Gasteiger partial charge on any atom is -0.481 e. The number of carbonyl (C=O) groups excluding carboxylic acids is 3. The van der Waals surface area contributed by atoms with Crippen molar-refractivity contribution in [2.75, 3.05) is 13.7 Å². The number of ether oxygens (including phenoxy) is 1. The molecule has 4 saturated carbocycles. The van der Waals surface area contributed by atoms with E-state index in [1.54, 1.807) is 0 Å². The Hall–Kier alpha value is -2.22. The van der Waals surface area contributed by atoms with E-state index in [1.807, 2.05) is 13.0 Å². The molecule has 3 N–H and O–H groups in total. The number of aliphatic carboxylic acids is 1. The largest absolute Gasteiger partial charge is 0.481 e. The van der Waals surface area contributed by atoms with Crippen molar-refractivity contribution in [1.82, 2.24) is 5.32 Å². The summed E-state index contributed by atoms with van der Waals surface area (Å²) in [5.41, 5.74) is -0.781. The van der Waals surface area contributed by atoms with Gasteiger partial charge in [0.25, 0.3) is 0 Å². The van der Waals surface area contributed by atoms with E-state index in [9.17, 15) is 29.4 Å². The van der Waals surface area contributed by atoms with Crippen molar-refractivity contribution >= 4 is 23.6 Å². The Kier molecular flexibility index (Phi) is 7.59. The number of aliphatic hydroxyl groups is 1. The quantitative estimate of drug-likeness (QED) is 0.365. The molecule has 0 aromatic rings. The molecule has 8 nitrogen and oxygen atoms in total. The van der Waals surface area contributed by atoms with Crippen molar-refractivity contribution in [1.29, 1.82) is 0 Å². The number of nitrogens with one attached hydrogen (secondary N) is 1. The molecule has 1 amide bonds. The number of hydrogen-bond donors (Lipinski definition) is 3. The first-order valence-electron chi connectivity index (χ1n) is 16.3. The molecule has 5 aliphatic rings. The molecule has 10 atom stereocenters. The lowest BCUT2D eigenvalue weighted by Crippen LogP contribution is -2.67. The maximum Gasteiger partial charge on any atom is 0.330 e. The number of methoxy groups -OCH3 is 1. The molecule has 0 aromatic carbocycles. The van der Waals surface area contributed by atoms with Gasteiger partial charge in [-0.1, -0.05) is 47.1 Å². The second kappa shape index (κ2) is 10.1. The zero-order valence-electron chi connectivity index (χ0n) is 27.5. The van der Waals surface area contributed by atoms with Gasteiger partial charge in [0.05, 0.1) is 19.1 Å². The van der Waals surface area contributed by atoms with Crippen molar-refractivity contribution in [3.05, 3.63) is 11.6 Å². The smallest absolute Gasteiger partial charge is 0.330 e. The highest BCUT2D eigenvalue weighted by molar-refractivity contribution is 5.96. The predicted molar refractivity (Wildman–Crippen MR) is 162 cm³/mol. The molecule has 0 saturated heterocycles. The predicted octanol–water partition coefficient (Wildman–Crippen LogP) is 5.32. The number of carboxylic acids is 1. The third-order valence-electron chi connectivity index (χ3n) is 14.4. The first kappa shape index (κ1) is 32.2. The summed E-state index contributed by atoms with van der Waals surface area (Å²) < 4.78 is 4.76. The zero-order valence-corrected chi connectivity index (χ0v) is 27.5. The van der Waals surface area contributed by atoms with Gasteiger partial charge >= 0.3 is 11.9 Å². The average molecular weight is 600 g/mol. The van der Waals surface area contributed by atoms with Crippen molar-refractivity contribution in [3.63, 3.8) is 0 Å². The summed E-state index contributed by atoms with van der Waals surface area (Å²) in [5, 5.41) is 22.6. The number of fused-ring (bicyclic) bond motifs is 7. The third-order valence-corrected chi connectivity index (χ3v) is 14.4. The fourth-order valence-electron chi connectivity index (χ4n) is 11.4. The first-order valence-corrected chi connectivity index (χ1v) is 16.3. The summed E-state index contributed by atoms with van der Waals surface area (Å²) in [6, 6.07) is -1.10. The number of ketones is 1. The van der Waals surface area contributed by atoms with Gasteiger partial charge in [-0.25, -0.2) is 4.79 Å². The average Bonchev–Trinajstić information content (AvgIpc) is 2.92. The Morgan fingerprint density at radius 1 is 0.977 bits per heavy atom. The van der Waals surface area contributed by atoms with Crippen LogP contribution in [0.3, 0.4) is 0 Å². The molecule has 8 heteroatoms. The molecule has 0 heterocycles. The van der Waals surface area contributed by atoms with Crippen molar-refractivity contribution < 1.29 is 34.1 Å². The molecule has 5 aliphatic carbocycles. The van der Waals surface area contributed by atoms with E-state index in [2.05, 4.69) is 46.9 Å². The van der Waals surface area contributed by atoms with Gasteiger partial charge in [-0.2, -0.15) is 0 Å². The van der Waals surface area contributed by atoms with Gasteiger partial charge in [0, 0.05) is 11.8 Å². The fourth-order valence-corrected chi connectivity index (χ4v) is 11.4. The summed E-state index contributed by atoms with van der Waals surface area (Å²) in [6.07, 6.45) is 9.21. The third kappa shape index (κ3) is 4.39. The highest BCUT2D eigenvalue weighted by atomic mass is 16.5. The van der Waals surface area contributed by atoms with Gasteiger partial charge in [-0.3, -0.25) is 14.4 Å². The zero-order chi connectivity index (χ0) is 32.0. The number of carbonyl (C=O) groups is 4. The van der Waals surface area contributed by atoms with Gasteiger partial charge in [0.1, 0.15) is 0 Å². The standard InChI is InChI=1S/C35H53NO7/c1-30(2)20(27(39)36-23(19-37)28(40)43-8)9-11-33(5)25(30)10-12-35(7)26(33)24(38)17-21-22-18-32(4,29(41)42)14-13-31(22,3)15-16-34(21,35)6/h17,20,22-23,25-26,37H,9-16,18-19H2,1-8H3,(H,36,39)(H,41,42)/t20-,22+,23?,25+,26-,31-,32+,33+,34-,35-/m1/s1. The molecule has 1 unspecified atom stereocenters. The van der Waals surface area contributed by atoms with Crippen LogP contribution in [-0.4, -0.2) is 53.6 Å². The molecular weight excluding hydrogens is 546 g/mol. The number of esters is 1. The fraction of sp³-hybridized carbons (Fsp3) is 0.829. The van der Waals surface area contributed by atoms with Crippen LogP contribution in [0.5, 0.6) is 0 Å². The lowest BCUT2D eigenvalue weighted by atomic mass is 9.33. The Bertz CT molecular complexity index is 1260. The maximum absolute atomic E-state index is 14.5.